The Hall–Kier alpha value is -2.99. The Labute approximate surface area is 163 Å². The molecule has 144 valence electrons. The van der Waals surface area contributed by atoms with E-state index in [1.54, 1.807) is 12.1 Å². The number of nitrogens with zero attached hydrogens (tertiary/aromatic N) is 3. The molecule has 3 aromatic rings. The molecule has 0 aliphatic carbocycles. The predicted octanol–water partition coefficient (Wildman–Crippen LogP) is 2.42. The highest BCUT2D eigenvalue weighted by atomic mass is 16.2. The van der Waals surface area contributed by atoms with E-state index in [2.05, 4.69) is 27.4 Å². The second-order valence-corrected chi connectivity index (χ2v) is 7.19. The Morgan fingerprint density at radius 2 is 1.82 bits per heavy atom. The van der Waals surface area contributed by atoms with E-state index in [0.717, 1.165) is 26.1 Å². The summed E-state index contributed by atoms with van der Waals surface area (Å²) in [5.74, 6) is -0.218. The van der Waals surface area contributed by atoms with E-state index in [0.29, 0.717) is 23.0 Å². The summed E-state index contributed by atoms with van der Waals surface area (Å²) in [5, 5.41) is 8.58. The van der Waals surface area contributed by atoms with Crippen molar-refractivity contribution in [2.75, 3.05) is 13.1 Å². The van der Waals surface area contributed by atoms with Gasteiger partial charge in [0, 0.05) is 37.6 Å². The van der Waals surface area contributed by atoms with Gasteiger partial charge in [-0.3, -0.25) is 14.5 Å². The molecule has 0 bridgehead atoms. The first-order valence-electron chi connectivity index (χ1n) is 9.72. The molecule has 28 heavy (non-hydrogen) atoms. The molecule has 1 fully saturated rings. The summed E-state index contributed by atoms with van der Waals surface area (Å²) in [5.41, 5.74) is 1.43. The number of fused-ring (bicyclic) bond motifs is 1. The van der Waals surface area contributed by atoms with Gasteiger partial charge >= 0.3 is 0 Å². The van der Waals surface area contributed by atoms with E-state index in [1.165, 1.54) is 10.2 Å². The largest absolute Gasteiger partial charge is 0.347 e. The molecular weight excluding hydrogens is 352 g/mol. The van der Waals surface area contributed by atoms with Crippen LogP contribution in [-0.2, 0) is 13.1 Å². The molecule has 0 saturated carbocycles. The van der Waals surface area contributed by atoms with Crippen LogP contribution in [0.2, 0.25) is 0 Å². The summed E-state index contributed by atoms with van der Waals surface area (Å²) in [6.07, 6.45) is 0.907. The minimum Gasteiger partial charge on any atom is -0.347 e. The molecule has 4 rings (SSSR count). The van der Waals surface area contributed by atoms with Crippen molar-refractivity contribution in [3.05, 3.63) is 76.2 Å². The normalized spacial score (nSPS) is 17.1. The quantitative estimate of drug-likeness (QED) is 0.743. The molecule has 0 unspecified atom stereocenters. The number of amides is 1. The summed E-state index contributed by atoms with van der Waals surface area (Å²) < 4.78 is 1.35. The summed E-state index contributed by atoms with van der Waals surface area (Å²) in [7, 11) is 0. The third-order valence-corrected chi connectivity index (χ3v) is 5.24. The lowest BCUT2D eigenvalue weighted by Gasteiger charge is -2.17. The average molecular weight is 376 g/mol. The van der Waals surface area contributed by atoms with Crippen molar-refractivity contribution in [2.24, 2.45) is 0 Å². The Morgan fingerprint density at radius 1 is 1.11 bits per heavy atom. The van der Waals surface area contributed by atoms with Gasteiger partial charge in [0.1, 0.15) is 0 Å². The van der Waals surface area contributed by atoms with Crippen molar-refractivity contribution < 1.29 is 4.79 Å². The summed E-state index contributed by atoms with van der Waals surface area (Å²) >= 11 is 0. The number of aromatic nitrogens is 2. The molecule has 0 spiro atoms. The van der Waals surface area contributed by atoms with Gasteiger partial charge in [-0.2, -0.15) is 5.10 Å². The summed E-state index contributed by atoms with van der Waals surface area (Å²) in [6, 6.07) is 17.6. The van der Waals surface area contributed by atoms with E-state index >= 15 is 0 Å². The number of likely N-dealkylation sites (tertiary alicyclic amines) is 1. The van der Waals surface area contributed by atoms with Crippen LogP contribution < -0.4 is 10.9 Å². The van der Waals surface area contributed by atoms with E-state index in [4.69, 9.17) is 0 Å². The molecule has 1 amide bonds. The van der Waals surface area contributed by atoms with Gasteiger partial charge in [-0.25, -0.2) is 4.68 Å². The summed E-state index contributed by atoms with van der Waals surface area (Å²) in [4.78, 5) is 27.8. The minimum absolute atomic E-state index is 0.0822. The first-order chi connectivity index (χ1) is 13.7. The fraction of sp³-hybridized carbons (Fsp3) is 0.318. The number of hydrogen-bond donors (Lipinski definition) is 1. The zero-order chi connectivity index (χ0) is 19.5. The number of benzene rings is 2. The molecule has 1 N–H and O–H groups in total. The number of nitrogens with one attached hydrogen (secondary N) is 1. The van der Waals surface area contributed by atoms with Gasteiger partial charge in [0.2, 0.25) is 0 Å². The molecular formula is C22H24N4O2. The first kappa shape index (κ1) is 18.4. The van der Waals surface area contributed by atoms with Crippen LogP contribution in [0.5, 0.6) is 0 Å². The van der Waals surface area contributed by atoms with Gasteiger partial charge in [-0.05, 0) is 25.0 Å². The molecule has 1 saturated heterocycles. The van der Waals surface area contributed by atoms with Crippen molar-refractivity contribution in [1.82, 2.24) is 20.0 Å². The van der Waals surface area contributed by atoms with E-state index < -0.39 is 0 Å². The van der Waals surface area contributed by atoms with Gasteiger partial charge in [0.05, 0.1) is 5.39 Å². The Bertz CT molecular complexity index is 1050. The first-order valence-corrected chi connectivity index (χ1v) is 9.72. The van der Waals surface area contributed by atoms with Crippen LogP contribution in [-0.4, -0.2) is 39.7 Å². The van der Waals surface area contributed by atoms with Gasteiger partial charge < -0.3 is 5.32 Å². The van der Waals surface area contributed by atoms with Crippen LogP contribution in [0.15, 0.2) is 59.4 Å². The van der Waals surface area contributed by atoms with Crippen molar-refractivity contribution in [3.63, 3.8) is 0 Å². The molecule has 2 heterocycles. The molecule has 1 aliphatic heterocycles. The smallest absolute Gasteiger partial charge is 0.274 e. The Morgan fingerprint density at radius 3 is 2.57 bits per heavy atom. The minimum atomic E-state index is -0.218. The van der Waals surface area contributed by atoms with Crippen LogP contribution in [0.25, 0.3) is 10.8 Å². The van der Waals surface area contributed by atoms with Crippen molar-refractivity contribution >= 4 is 16.7 Å². The molecule has 1 aliphatic rings. The maximum atomic E-state index is 13.0. The third-order valence-electron chi connectivity index (χ3n) is 5.24. The van der Waals surface area contributed by atoms with Gasteiger partial charge in [0.15, 0.2) is 5.69 Å². The molecule has 0 radical (unpaired) electrons. The fourth-order valence-corrected chi connectivity index (χ4v) is 3.81. The molecule has 1 atom stereocenters. The predicted molar refractivity (Wildman–Crippen MR) is 109 cm³/mol. The Balaban J connectivity index is 1.50. The van der Waals surface area contributed by atoms with Gasteiger partial charge in [-0.15, -0.1) is 0 Å². The lowest BCUT2D eigenvalue weighted by molar-refractivity contribution is 0.0932. The third kappa shape index (κ3) is 3.68. The van der Waals surface area contributed by atoms with E-state index in [-0.39, 0.29) is 17.5 Å². The van der Waals surface area contributed by atoms with Crippen LogP contribution in [0, 0.1) is 0 Å². The topological polar surface area (TPSA) is 67.2 Å². The zero-order valence-electron chi connectivity index (χ0n) is 16.0. The zero-order valence-corrected chi connectivity index (χ0v) is 16.0. The molecule has 6 nitrogen and oxygen atoms in total. The SMILES string of the molecule is CCn1nc(C(=O)N[C@@H]2CCN(Cc3ccccc3)C2)c2ccccc2c1=O. The van der Waals surface area contributed by atoms with Crippen molar-refractivity contribution in [2.45, 2.75) is 32.5 Å². The van der Waals surface area contributed by atoms with E-state index in [9.17, 15) is 9.59 Å². The lowest BCUT2D eigenvalue weighted by Crippen LogP contribution is -2.38. The molecule has 1 aromatic heterocycles. The monoisotopic (exact) mass is 376 g/mol. The summed E-state index contributed by atoms with van der Waals surface area (Å²) in [6.45, 7) is 4.92. The Kier molecular flexibility index (Phi) is 5.21. The highest BCUT2D eigenvalue weighted by molar-refractivity contribution is 6.04. The molecule has 6 heteroatoms. The fourth-order valence-electron chi connectivity index (χ4n) is 3.81. The van der Waals surface area contributed by atoms with Crippen molar-refractivity contribution in [1.29, 1.82) is 0 Å². The molecule has 2 aromatic carbocycles. The highest BCUT2D eigenvalue weighted by Crippen LogP contribution is 2.16. The van der Waals surface area contributed by atoms with Crippen molar-refractivity contribution in [3.8, 4) is 0 Å². The standard InChI is InChI=1S/C22H24N4O2/c1-2-26-22(28)19-11-7-6-10-18(19)20(24-26)21(27)23-17-12-13-25(15-17)14-16-8-4-3-5-9-16/h3-11,17H,2,12-15H2,1H3,(H,23,27)/t17-/m1/s1. The lowest BCUT2D eigenvalue weighted by atomic mass is 10.1. The number of hydrogen-bond acceptors (Lipinski definition) is 4. The van der Waals surface area contributed by atoms with Crippen LogP contribution in [0.1, 0.15) is 29.4 Å². The number of carbonyl (C=O) groups excluding carboxylic acids is 1. The van der Waals surface area contributed by atoms with E-state index in [1.807, 2.05) is 37.3 Å². The second kappa shape index (κ2) is 7.94. The second-order valence-electron chi connectivity index (χ2n) is 7.19. The average Bonchev–Trinajstić information content (AvgIpc) is 3.16. The van der Waals surface area contributed by atoms with Gasteiger partial charge in [0.25, 0.3) is 11.5 Å². The van der Waals surface area contributed by atoms with Gasteiger partial charge in [-0.1, -0.05) is 48.5 Å². The van der Waals surface area contributed by atoms with Crippen LogP contribution >= 0.6 is 0 Å². The van der Waals surface area contributed by atoms with Crippen LogP contribution in [0.3, 0.4) is 0 Å². The number of carbonyl (C=O) groups is 1. The maximum absolute atomic E-state index is 13.0. The number of rotatable bonds is 5. The number of aryl methyl sites for hydroxylation is 1. The van der Waals surface area contributed by atoms with Crippen LogP contribution in [0.4, 0.5) is 0 Å². The maximum Gasteiger partial charge on any atom is 0.274 e. The highest BCUT2D eigenvalue weighted by Gasteiger charge is 2.26.